The lowest BCUT2D eigenvalue weighted by atomic mass is 10.2. The fourth-order valence-corrected chi connectivity index (χ4v) is 0.890. The Hall–Kier alpha value is -1.39. The average Bonchev–Trinajstić information content (AvgIpc) is 2.03. The molecule has 13 heavy (non-hydrogen) atoms. The second-order valence-corrected chi connectivity index (χ2v) is 2.51. The lowest BCUT2D eigenvalue weighted by Crippen LogP contribution is -2.12. The zero-order chi connectivity index (χ0) is 10.1. The molecule has 0 N–H and O–H groups in total. The molecular weight excluding hydrogens is 183 g/mol. The molecule has 1 heterocycles. The van der Waals surface area contributed by atoms with Crippen molar-refractivity contribution in [2.75, 3.05) is 0 Å². The molecule has 0 aliphatic rings. The maximum atomic E-state index is 12.2. The largest absolute Gasteiger partial charge is 0.434 e. The number of aldehydes is 1. The summed E-state index contributed by atoms with van der Waals surface area (Å²) in [6, 6.07) is 2.47. The number of aromatic nitrogens is 1. The van der Waals surface area contributed by atoms with Gasteiger partial charge in [-0.25, -0.2) is 4.98 Å². The highest BCUT2D eigenvalue weighted by molar-refractivity contribution is 5.76. The van der Waals surface area contributed by atoms with Crippen LogP contribution < -0.4 is 0 Å². The van der Waals surface area contributed by atoms with Gasteiger partial charge in [-0.1, -0.05) is 0 Å². The number of carbonyl (C=O) groups is 1. The van der Waals surface area contributed by atoms with E-state index in [0.29, 0.717) is 0 Å². The van der Waals surface area contributed by atoms with Crippen LogP contribution in [-0.4, -0.2) is 11.3 Å². The van der Waals surface area contributed by atoms with Crippen molar-refractivity contribution in [3.05, 3.63) is 29.1 Å². The zero-order valence-electron chi connectivity index (χ0n) is 6.72. The smallest absolute Gasteiger partial charge is 0.298 e. The van der Waals surface area contributed by atoms with Crippen LogP contribution in [0.5, 0.6) is 0 Å². The third-order valence-electron chi connectivity index (χ3n) is 1.46. The summed E-state index contributed by atoms with van der Waals surface area (Å²) in [6.45, 7) is 1.43. The third-order valence-corrected chi connectivity index (χ3v) is 1.46. The minimum Gasteiger partial charge on any atom is -0.298 e. The second-order valence-electron chi connectivity index (χ2n) is 2.51. The average molecular weight is 189 g/mol. The first kappa shape index (κ1) is 9.70. The fourth-order valence-electron chi connectivity index (χ4n) is 0.890. The number of hydrogen-bond donors (Lipinski definition) is 0. The van der Waals surface area contributed by atoms with E-state index in [0.717, 1.165) is 6.07 Å². The first-order valence-corrected chi connectivity index (χ1v) is 3.45. The van der Waals surface area contributed by atoms with Crippen LogP contribution in [0.4, 0.5) is 13.2 Å². The van der Waals surface area contributed by atoms with Crippen molar-refractivity contribution >= 4 is 6.29 Å². The summed E-state index contributed by atoms with van der Waals surface area (Å²) in [7, 11) is 0. The molecule has 0 saturated carbocycles. The Morgan fingerprint density at radius 2 is 2.00 bits per heavy atom. The summed E-state index contributed by atoms with van der Waals surface area (Å²) in [5, 5.41) is 0. The summed E-state index contributed by atoms with van der Waals surface area (Å²) in [4.78, 5) is 13.5. The Morgan fingerprint density at radius 3 is 2.46 bits per heavy atom. The van der Waals surface area contributed by atoms with Gasteiger partial charge in [0.15, 0.2) is 12.0 Å². The van der Waals surface area contributed by atoms with Crippen molar-refractivity contribution in [1.29, 1.82) is 0 Å². The lowest BCUT2D eigenvalue weighted by Gasteiger charge is -2.08. The molecule has 0 aliphatic carbocycles. The lowest BCUT2D eigenvalue weighted by molar-refractivity contribution is -0.141. The summed E-state index contributed by atoms with van der Waals surface area (Å²) in [5.74, 6) is 0. The Balaban J connectivity index is 3.32. The highest BCUT2D eigenvalue weighted by Crippen LogP contribution is 2.29. The van der Waals surface area contributed by atoms with Crippen molar-refractivity contribution in [3.8, 4) is 0 Å². The molecule has 0 radical (unpaired) electrons. The maximum absolute atomic E-state index is 12.2. The number of aryl methyl sites for hydroxylation is 1. The number of carbonyl (C=O) groups excluding carboxylic acids is 1. The predicted molar refractivity (Wildman–Crippen MR) is 39.4 cm³/mol. The highest BCUT2D eigenvalue weighted by Gasteiger charge is 2.35. The van der Waals surface area contributed by atoms with Gasteiger partial charge >= 0.3 is 6.18 Å². The molecule has 1 aromatic heterocycles. The molecule has 70 valence electrons. The van der Waals surface area contributed by atoms with Gasteiger partial charge in [0.1, 0.15) is 0 Å². The minimum atomic E-state index is -4.57. The van der Waals surface area contributed by atoms with Gasteiger partial charge in [-0.3, -0.25) is 4.79 Å². The summed E-state index contributed by atoms with van der Waals surface area (Å²) in [5.41, 5.74) is -1.32. The first-order chi connectivity index (χ1) is 5.95. The number of nitrogens with zero attached hydrogens (tertiary/aromatic N) is 1. The SMILES string of the molecule is Cc1ccc(C=O)c(C(F)(F)F)n1. The van der Waals surface area contributed by atoms with Crippen molar-refractivity contribution < 1.29 is 18.0 Å². The topological polar surface area (TPSA) is 30.0 Å². The number of halogens is 3. The molecule has 0 spiro atoms. The Bertz CT molecular complexity index is 333. The zero-order valence-corrected chi connectivity index (χ0v) is 6.72. The maximum Gasteiger partial charge on any atom is 0.434 e. The quantitative estimate of drug-likeness (QED) is 0.634. The van der Waals surface area contributed by atoms with E-state index in [1.165, 1.54) is 13.0 Å². The third kappa shape index (κ3) is 2.05. The van der Waals surface area contributed by atoms with Crippen LogP contribution in [0.3, 0.4) is 0 Å². The number of alkyl halides is 3. The van der Waals surface area contributed by atoms with Gasteiger partial charge in [-0.2, -0.15) is 13.2 Å². The van der Waals surface area contributed by atoms with Gasteiger partial charge in [0.25, 0.3) is 0 Å². The van der Waals surface area contributed by atoms with Gasteiger partial charge < -0.3 is 0 Å². The van der Waals surface area contributed by atoms with E-state index in [1.54, 1.807) is 0 Å². The molecule has 2 nitrogen and oxygen atoms in total. The summed E-state index contributed by atoms with van der Waals surface area (Å²) in [6.07, 6.45) is -4.42. The van der Waals surface area contributed by atoms with E-state index in [4.69, 9.17) is 0 Å². The molecule has 0 fully saturated rings. The van der Waals surface area contributed by atoms with E-state index in [1.807, 2.05) is 0 Å². The summed E-state index contributed by atoms with van der Waals surface area (Å²) < 4.78 is 36.6. The Morgan fingerprint density at radius 1 is 1.38 bits per heavy atom. The van der Waals surface area contributed by atoms with Crippen molar-refractivity contribution in [2.24, 2.45) is 0 Å². The van der Waals surface area contributed by atoms with Gasteiger partial charge in [-0.15, -0.1) is 0 Å². The van der Waals surface area contributed by atoms with E-state index >= 15 is 0 Å². The van der Waals surface area contributed by atoms with Crippen LogP contribution in [0, 0.1) is 6.92 Å². The highest BCUT2D eigenvalue weighted by atomic mass is 19.4. The summed E-state index contributed by atoms with van der Waals surface area (Å²) >= 11 is 0. The van der Waals surface area contributed by atoms with Crippen LogP contribution >= 0.6 is 0 Å². The molecular formula is C8H6F3NO. The van der Waals surface area contributed by atoms with Crippen molar-refractivity contribution in [2.45, 2.75) is 13.1 Å². The predicted octanol–water partition coefficient (Wildman–Crippen LogP) is 2.22. The van der Waals surface area contributed by atoms with E-state index in [9.17, 15) is 18.0 Å². The van der Waals surface area contributed by atoms with Gasteiger partial charge in [-0.05, 0) is 19.1 Å². The van der Waals surface area contributed by atoms with Crippen LogP contribution in [0.1, 0.15) is 21.7 Å². The molecule has 0 aliphatic heterocycles. The number of rotatable bonds is 1. The van der Waals surface area contributed by atoms with Crippen LogP contribution in [0.2, 0.25) is 0 Å². The first-order valence-electron chi connectivity index (χ1n) is 3.45. The Kier molecular flexibility index (Phi) is 2.36. The molecule has 0 aromatic carbocycles. The molecule has 0 atom stereocenters. The van der Waals surface area contributed by atoms with E-state index < -0.39 is 17.4 Å². The van der Waals surface area contributed by atoms with Gasteiger partial charge in [0, 0.05) is 11.3 Å². The number of pyridine rings is 1. The van der Waals surface area contributed by atoms with E-state index in [2.05, 4.69) is 4.98 Å². The molecule has 5 heteroatoms. The normalized spacial score (nSPS) is 11.4. The number of hydrogen-bond acceptors (Lipinski definition) is 2. The molecule has 1 rings (SSSR count). The van der Waals surface area contributed by atoms with Crippen LogP contribution in [-0.2, 0) is 6.18 Å². The van der Waals surface area contributed by atoms with Gasteiger partial charge in [0.2, 0.25) is 0 Å². The van der Waals surface area contributed by atoms with Gasteiger partial charge in [0.05, 0.1) is 0 Å². The standard InChI is InChI=1S/C8H6F3NO/c1-5-2-3-6(4-13)7(12-5)8(9,10)11/h2-4H,1H3. The van der Waals surface area contributed by atoms with Crippen molar-refractivity contribution in [1.82, 2.24) is 4.98 Å². The monoisotopic (exact) mass is 189 g/mol. The molecule has 1 aromatic rings. The van der Waals surface area contributed by atoms with Crippen LogP contribution in [0.15, 0.2) is 12.1 Å². The minimum absolute atomic E-state index is 0.148. The van der Waals surface area contributed by atoms with Crippen LogP contribution in [0.25, 0.3) is 0 Å². The molecule has 0 unspecified atom stereocenters. The molecule has 0 amide bonds. The molecule has 0 bridgehead atoms. The molecule has 0 saturated heterocycles. The fraction of sp³-hybridized carbons (Fsp3) is 0.250. The van der Waals surface area contributed by atoms with E-state index in [-0.39, 0.29) is 12.0 Å². The second kappa shape index (κ2) is 3.16. The Labute approximate surface area is 72.4 Å². The van der Waals surface area contributed by atoms with Crippen molar-refractivity contribution in [3.63, 3.8) is 0 Å².